The van der Waals surface area contributed by atoms with Crippen molar-refractivity contribution in [3.05, 3.63) is 76.9 Å². The molecule has 11 heteroatoms. The summed E-state index contributed by atoms with van der Waals surface area (Å²) in [4.78, 5) is 52.9. The van der Waals surface area contributed by atoms with Gasteiger partial charge >= 0.3 is 5.97 Å². The first kappa shape index (κ1) is 25.3. The van der Waals surface area contributed by atoms with Crippen LogP contribution in [0.25, 0.3) is 17.4 Å². The summed E-state index contributed by atoms with van der Waals surface area (Å²) >= 11 is 0.706. The molecule has 0 saturated carbocycles. The highest BCUT2D eigenvalue weighted by Gasteiger charge is 2.36. The third-order valence-electron chi connectivity index (χ3n) is 6.03. The van der Waals surface area contributed by atoms with Crippen molar-refractivity contribution in [3.63, 3.8) is 0 Å². The van der Waals surface area contributed by atoms with Crippen LogP contribution in [0, 0.1) is 0 Å². The van der Waals surface area contributed by atoms with Crippen molar-refractivity contribution in [1.29, 1.82) is 0 Å². The van der Waals surface area contributed by atoms with E-state index in [4.69, 9.17) is 9.15 Å². The number of carbonyl (C=O) groups excluding carboxylic acids is 3. The number of para-hydroxylation sites is 2. The van der Waals surface area contributed by atoms with E-state index in [0.29, 0.717) is 55.1 Å². The van der Waals surface area contributed by atoms with E-state index in [1.54, 1.807) is 42.5 Å². The van der Waals surface area contributed by atoms with Gasteiger partial charge in [0.25, 0.3) is 11.1 Å². The highest BCUT2D eigenvalue weighted by molar-refractivity contribution is 8.18. The lowest BCUT2D eigenvalue weighted by atomic mass is 10.1. The lowest BCUT2D eigenvalue weighted by Crippen LogP contribution is -2.38. The standard InChI is InChI=1S/C27H23N3O7S/c31-24(28-20-7-3-4-8-21(20)29-11-13-36-14-12-29)16-30-25(32)23(38-27(30)35)15-17-9-10-22(37-17)18-5-1-2-6-19(18)26(33)34/h1-10,15H,11-14,16H2,(H,28,31)(H,33,34)/b23-15-. The molecule has 5 rings (SSSR count). The molecule has 2 saturated heterocycles. The van der Waals surface area contributed by atoms with Crippen LogP contribution >= 0.6 is 11.8 Å². The molecule has 0 atom stereocenters. The Balaban J connectivity index is 1.28. The Morgan fingerprint density at radius 3 is 2.53 bits per heavy atom. The van der Waals surface area contributed by atoms with Gasteiger partial charge in [0.2, 0.25) is 5.91 Å². The number of nitrogens with one attached hydrogen (secondary N) is 1. The summed E-state index contributed by atoms with van der Waals surface area (Å²) in [5, 5.41) is 11.7. The quantitative estimate of drug-likeness (QED) is 0.430. The van der Waals surface area contributed by atoms with Crippen LogP contribution in [0.15, 0.2) is 70.0 Å². The number of imide groups is 1. The highest BCUT2D eigenvalue weighted by atomic mass is 32.2. The molecule has 0 aliphatic carbocycles. The van der Waals surface area contributed by atoms with Crippen molar-refractivity contribution in [2.24, 2.45) is 0 Å². The van der Waals surface area contributed by atoms with E-state index in [2.05, 4.69) is 10.2 Å². The normalized spacial score (nSPS) is 16.8. The zero-order valence-electron chi connectivity index (χ0n) is 20.1. The topological polar surface area (TPSA) is 129 Å². The van der Waals surface area contributed by atoms with Crippen molar-refractivity contribution in [2.75, 3.05) is 43.1 Å². The summed E-state index contributed by atoms with van der Waals surface area (Å²) in [6, 6.07) is 16.9. The Morgan fingerprint density at radius 2 is 1.74 bits per heavy atom. The molecule has 3 amide bonds. The molecule has 2 fully saturated rings. The Hall–Kier alpha value is -4.35. The van der Waals surface area contributed by atoms with E-state index in [0.717, 1.165) is 10.6 Å². The summed E-state index contributed by atoms with van der Waals surface area (Å²) in [5.74, 6) is -1.62. The third-order valence-corrected chi connectivity index (χ3v) is 6.94. The van der Waals surface area contributed by atoms with E-state index >= 15 is 0 Å². The van der Waals surface area contributed by atoms with Crippen molar-refractivity contribution in [2.45, 2.75) is 0 Å². The van der Waals surface area contributed by atoms with E-state index < -0.39 is 29.6 Å². The van der Waals surface area contributed by atoms with Crippen molar-refractivity contribution in [1.82, 2.24) is 4.90 Å². The van der Waals surface area contributed by atoms with Gasteiger partial charge in [-0.3, -0.25) is 19.3 Å². The molecule has 0 radical (unpaired) electrons. The number of amides is 3. The Bertz CT molecular complexity index is 1440. The van der Waals surface area contributed by atoms with Gasteiger partial charge in [0.05, 0.1) is 35.1 Å². The number of hydrogen-bond acceptors (Lipinski definition) is 8. The number of rotatable bonds is 7. The highest BCUT2D eigenvalue weighted by Crippen LogP contribution is 2.34. The van der Waals surface area contributed by atoms with Crippen LogP contribution < -0.4 is 10.2 Å². The number of carboxylic acid groups (broad SMARTS) is 1. The molecule has 0 bridgehead atoms. The molecule has 3 heterocycles. The van der Waals surface area contributed by atoms with Crippen molar-refractivity contribution < 1.29 is 33.4 Å². The molecule has 38 heavy (non-hydrogen) atoms. The zero-order valence-corrected chi connectivity index (χ0v) is 20.9. The van der Waals surface area contributed by atoms with E-state index in [9.17, 15) is 24.3 Å². The first-order valence-electron chi connectivity index (χ1n) is 11.8. The van der Waals surface area contributed by atoms with Crippen LogP contribution in [0.5, 0.6) is 0 Å². The molecule has 0 spiro atoms. The van der Waals surface area contributed by atoms with Crippen LogP contribution in [-0.2, 0) is 14.3 Å². The number of carbonyl (C=O) groups is 4. The van der Waals surface area contributed by atoms with Gasteiger partial charge in [-0.25, -0.2) is 4.79 Å². The molecule has 2 aliphatic heterocycles. The molecule has 10 nitrogen and oxygen atoms in total. The van der Waals surface area contributed by atoms with E-state index in [1.165, 1.54) is 12.1 Å². The van der Waals surface area contributed by atoms with Crippen LogP contribution in [0.1, 0.15) is 16.1 Å². The molecular formula is C27H23N3O7S. The van der Waals surface area contributed by atoms with Gasteiger partial charge in [0.15, 0.2) is 0 Å². The van der Waals surface area contributed by atoms with Gasteiger partial charge in [-0.05, 0) is 42.1 Å². The SMILES string of the molecule is O=C(CN1C(=O)S/C(=C\c2ccc(-c3ccccc3C(=O)O)o2)C1=O)Nc1ccccc1N1CCOCC1. The molecule has 2 aliphatic rings. The smallest absolute Gasteiger partial charge is 0.336 e. The lowest BCUT2D eigenvalue weighted by Gasteiger charge is -2.30. The second-order valence-corrected chi connectivity index (χ2v) is 9.48. The number of furan rings is 1. The lowest BCUT2D eigenvalue weighted by molar-refractivity contribution is -0.127. The predicted molar refractivity (Wildman–Crippen MR) is 142 cm³/mol. The van der Waals surface area contributed by atoms with E-state index in [1.807, 2.05) is 12.1 Å². The Labute approximate surface area is 221 Å². The minimum absolute atomic E-state index is 0.0786. The van der Waals surface area contributed by atoms with Crippen molar-refractivity contribution in [3.8, 4) is 11.3 Å². The molecule has 1 aromatic heterocycles. The Morgan fingerprint density at radius 1 is 1.00 bits per heavy atom. The van der Waals surface area contributed by atoms with Crippen molar-refractivity contribution >= 4 is 52.2 Å². The van der Waals surface area contributed by atoms with E-state index in [-0.39, 0.29) is 16.2 Å². The maximum atomic E-state index is 12.9. The van der Waals surface area contributed by atoms with Crippen LogP contribution in [0.2, 0.25) is 0 Å². The number of ether oxygens (including phenoxy) is 1. The fraction of sp³-hybridized carbons (Fsp3) is 0.185. The summed E-state index contributed by atoms with van der Waals surface area (Å²) < 4.78 is 11.1. The van der Waals surface area contributed by atoms with Gasteiger partial charge in [0.1, 0.15) is 18.1 Å². The van der Waals surface area contributed by atoms with Gasteiger partial charge < -0.3 is 24.5 Å². The minimum atomic E-state index is -1.09. The third kappa shape index (κ3) is 5.34. The second kappa shape index (κ2) is 11.0. The summed E-state index contributed by atoms with van der Waals surface area (Å²) in [5.41, 5.74) is 1.90. The second-order valence-electron chi connectivity index (χ2n) is 8.49. The summed E-state index contributed by atoms with van der Waals surface area (Å²) in [7, 11) is 0. The molecule has 194 valence electrons. The van der Waals surface area contributed by atoms with Gasteiger partial charge in [0, 0.05) is 24.7 Å². The average Bonchev–Trinajstić information content (AvgIpc) is 3.49. The van der Waals surface area contributed by atoms with Gasteiger partial charge in [-0.1, -0.05) is 30.3 Å². The fourth-order valence-corrected chi connectivity index (χ4v) is 5.04. The molecule has 3 aromatic rings. The van der Waals surface area contributed by atoms with Crippen LogP contribution in [0.3, 0.4) is 0 Å². The maximum Gasteiger partial charge on any atom is 0.336 e. The number of nitrogens with zero attached hydrogens (tertiary/aromatic N) is 2. The molecular weight excluding hydrogens is 510 g/mol. The van der Waals surface area contributed by atoms with Crippen LogP contribution in [-0.4, -0.2) is 65.9 Å². The van der Waals surface area contributed by atoms with Gasteiger partial charge in [-0.2, -0.15) is 0 Å². The molecule has 2 N–H and O–H groups in total. The number of aromatic carboxylic acids is 1. The largest absolute Gasteiger partial charge is 0.478 e. The number of benzene rings is 2. The summed E-state index contributed by atoms with van der Waals surface area (Å²) in [6.45, 7) is 2.13. The fourth-order valence-electron chi connectivity index (χ4n) is 4.22. The molecule has 2 aromatic carbocycles. The van der Waals surface area contributed by atoms with Crippen LogP contribution in [0.4, 0.5) is 16.2 Å². The van der Waals surface area contributed by atoms with Gasteiger partial charge in [-0.15, -0.1) is 0 Å². The maximum absolute atomic E-state index is 12.9. The number of carboxylic acids is 1. The number of anilines is 2. The first-order valence-corrected chi connectivity index (χ1v) is 12.6. The number of morpholine rings is 1. The number of hydrogen-bond donors (Lipinski definition) is 2. The predicted octanol–water partition coefficient (Wildman–Crippen LogP) is 4.16. The monoisotopic (exact) mass is 533 g/mol. The molecule has 0 unspecified atom stereocenters. The zero-order chi connectivity index (χ0) is 26.6. The average molecular weight is 534 g/mol. The summed E-state index contributed by atoms with van der Waals surface area (Å²) in [6.07, 6.45) is 1.41. The Kier molecular flexibility index (Phi) is 7.29. The first-order chi connectivity index (χ1) is 18.4. The number of thioether (sulfide) groups is 1. The minimum Gasteiger partial charge on any atom is -0.478 e.